The number of fused-ring (bicyclic) bond motifs is 1. The van der Waals surface area contributed by atoms with Crippen LogP contribution in [0.2, 0.25) is 0 Å². The van der Waals surface area contributed by atoms with E-state index in [1.54, 1.807) is 11.4 Å². The first-order valence-electron chi connectivity index (χ1n) is 11.8. The van der Waals surface area contributed by atoms with E-state index in [0.29, 0.717) is 17.4 Å². The zero-order valence-electron chi connectivity index (χ0n) is 20.7. The summed E-state index contributed by atoms with van der Waals surface area (Å²) in [5, 5.41) is 22.8. The number of aliphatic carboxylic acids is 1. The summed E-state index contributed by atoms with van der Waals surface area (Å²) in [6.07, 6.45) is -0.264. The van der Waals surface area contributed by atoms with Crippen LogP contribution in [-0.4, -0.2) is 52.3 Å². The molecule has 0 fully saturated rings. The second-order valence-electron chi connectivity index (χ2n) is 10.0. The van der Waals surface area contributed by atoms with E-state index in [1.807, 2.05) is 0 Å². The summed E-state index contributed by atoms with van der Waals surface area (Å²) in [5.41, 5.74) is 1.93. The Kier molecular flexibility index (Phi) is 9.27. The Morgan fingerprint density at radius 2 is 1.83 bits per heavy atom. The number of nitrogens with one attached hydrogen (secondary N) is 1. The first-order chi connectivity index (χ1) is 16.8. The molecule has 0 aromatic heterocycles. The van der Waals surface area contributed by atoms with Crippen LogP contribution in [0.3, 0.4) is 0 Å². The number of carbonyl (C=O) groups is 1. The number of alkyl halides is 3. The van der Waals surface area contributed by atoms with Gasteiger partial charge in [0, 0.05) is 29.6 Å². The van der Waals surface area contributed by atoms with E-state index in [1.165, 1.54) is 17.2 Å². The predicted octanol–water partition coefficient (Wildman–Crippen LogP) is 5.28. The van der Waals surface area contributed by atoms with Gasteiger partial charge in [-0.15, -0.1) is 0 Å². The molecule has 36 heavy (non-hydrogen) atoms. The molecule has 0 saturated carbocycles. The number of β-amino-alcohol motifs (C(OH)–C–C–N with tert-alkyl or cyclic N) is 1. The maximum absolute atomic E-state index is 13.3. The monoisotopic (exact) mass is 522 g/mol. The summed E-state index contributed by atoms with van der Waals surface area (Å²) < 4.78 is 41.6. The van der Waals surface area contributed by atoms with Crippen molar-refractivity contribution < 1.29 is 28.2 Å². The molecular weight excluding hydrogens is 489 g/mol. The number of likely N-dealkylation sites (N-methyl/N-ethyl adjacent to an activating group) is 1. The van der Waals surface area contributed by atoms with Crippen molar-refractivity contribution in [3.05, 3.63) is 70.8 Å². The molecule has 0 amide bonds. The number of hydrogen-bond donors (Lipinski definition) is 3. The van der Waals surface area contributed by atoms with Gasteiger partial charge in [-0.3, -0.25) is 0 Å². The molecule has 0 aliphatic heterocycles. The quantitative estimate of drug-likeness (QED) is 0.276. The van der Waals surface area contributed by atoms with Crippen molar-refractivity contribution in [2.24, 2.45) is 5.92 Å². The van der Waals surface area contributed by atoms with Gasteiger partial charge in [0.2, 0.25) is 0 Å². The second kappa shape index (κ2) is 11.8. The van der Waals surface area contributed by atoms with E-state index in [9.17, 15) is 23.1 Å². The lowest BCUT2D eigenvalue weighted by atomic mass is 9.88. The predicted molar refractivity (Wildman–Crippen MR) is 137 cm³/mol. The summed E-state index contributed by atoms with van der Waals surface area (Å²) in [6, 6.07) is 11.9. The summed E-state index contributed by atoms with van der Waals surface area (Å²) >= 11 is 1.07. The molecule has 1 unspecified atom stereocenters. The largest absolute Gasteiger partial charge is 0.478 e. The van der Waals surface area contributed by atoms with Crippen LogP contribution in [0.25, 0.3) is 6.08 Å². The van der Waals surface area contributed by atoms with Crippen LogP contribution in [0.4, 0.5) is 13.2 Å². The molecule has 0 bridgehead atoms. The molecule has 1 aliphatic rings. The lowest BCUT2D eigenvalue weighted by Crippen LogP contribution is -2.46. The summed E-state index contributed by atoms with van der Waals surface area (Å²) in [5.74, 6) is -0.694. The fourth-order valence-corrected chi connectivity index (χ4v) is 5.64. The Bertz CT molecular complexity index is 1060. The number of nitrogens with zero attached hydrogens (tertiary/aromatic N) is 1. The SMILES string of the molecule is CN(CC(O)CNC(C)(C)CC1Cc2ccccc2C1)Sc1cc(/C=C/C(=O)O)cc(C(F)(F)F)c1. The minimum atomic E-state index is -4.56. The molecule has 3 rings (SSSR count). The van der Waals surface area contributed by atoms with Gasteiger partial charge in [-0.1, -0.05) is 24.3 Å². The summed E-state index contributed by atoms with van der Waals surface area (Å²) in [7, 11) is 1.70. The number of carboxylic acids is 1. The number of aliphatic hydroxyl groups excluding tert-OH is 1. The highest BCUT2D eigenvalue weighted by atomic mass is 32.2. The van der Waals surface area contributed by atoms with Crippen LogP contribution in [0, 0.1) is 5.92 Å². The van der Waals surface area contributed by atoms with Gasteiger partial charge in [0.05, 0.1) is 11.7 Å². The van der Waals surface area contributed by atoms with E-state index in [2.05, 4.69) is 43.4 Å². The Hall–Kier alpha value is -2.33. The van der Waals surface area contributed by atoms with Crippen molar-refractivity contribution in [3.63, 3.8) is 0 Å². The lowest BCUT2D eigenvalue weighted by molar-refractivity contribution is -0.137. The highest BCUT2D eigenvalue weighted by molar-refractivity contribution is 7.97. The fraction of sp³-hybridized carbons (Fsp3) is 0.444. The number of aliphatic hydroxyl groups is 1. The molecule has 0 saturated heterocycles. The van der Waals surface area contributed by atoms with E-state index < -0.39 is 23.8 Å². The third-order valence-corrected chi connectivity index (χ3v) is 7.06. The molecule has 1 atom stereocenters. The minimum Gasteiger partial charge on any atom is -0.478 e. The maximum Gasteiger partial charge on any atom is 0.416 e. The Morgan fingerprint density at radius 1 is 1.19 bits per heavy atom. The third kappa shape index (κ3) is 8.65. The molecular formula is C27H33F3N2O3S. The standard InChI is InChI=1S/C27H33F3N2O3S/c1-26(2,15-19-10-20-6-4-5-7-21(20)11-19)31-16-23(33)17-32(3)36-24-13-18(8-9-25(34)35)12-22(14-24)27(28,29)30/h4-9,12-14,19,23,31,33H,10-11,15-17H2,1-3H3,(H,34,35)/b9-8+. The lowest BCUT2D eigenvalue weighted by Gasteiger charge is -2.31. The van der Waals surface area contributed by atoms with Crippen LogP contribution in [-0.2, 0) is 23.8 Å². The molecule has 196 valence electrons. The van der Waals surface area contributed by atoms with Gasteiger partial charge < -0.3 is 15.5 Å². The first kappa shape index (κ1) is 28.2. The van der Waals surface area contributed by atoms with Crippen molar-refractivity contribution >= 4 is 24.0 Å². The molecule has 2 aromatic carbocycles. The number of rotatable bonds is 11. The number of benzene rings is 2. The molecule has 0 radical (unpaired) electrons. The average Bonchev–Trinajstić information content (AvgIpc) is 3.17. The van der Waals surface area contributed by atoms with Gasteiger partial charge in [-0.25, -0.2) is 9.10 Å². The van der Waals surface area contributed by atoms with Crippen LogP contribution in [0.1, 0.15) is 42.5 Å². The zero-order valence-corrected chi connectivity index (χ0v) is 21.5. The Balaban J connectivity index is 1.53. The van der Waals surface area contributed by atoms with Crippen molar-refractivity contribution in [1.82, 2.24) is 9.62 Å². The Labute approximate surface area is 214 Å². The smallest absolute Gasteiger partial charge is 0.416 e. The first-order valence-corrected chi connectivity index (χ1v) is 12.6. The van der Waals surface area contributed by atoms with E-state index in [-0.39, 0.29) is 17.6 Å². The maximum atomic E-state index is 13.3. The average molecular weight is 523 g/mol. The van der Waals surface area contributed by atoms with Crippen molar-refractivity contribution in [3.8, 4) is 0 Å². The highest BCUT2D eigenvalue weighted by Gasteiger charge is 2.31. The zero-order chi connectivity index (χ0) is 26.5. The normalized spacial score (nSPS) is 15.6. The molecule has 5 nitrogen and oxygen atoms in total. The minimum absolute atomic E-state index is 0.140. The molecule has 0 heterocycles. The molecule has 2 aromatic rings. The fourth-order valence-electron chi connectivity index (χ4n) is 4.66. The van der Waals surface area contributed by atoms with Crippen LogP contribution < -0.4 is 5.32 Å². The van der Waals surface area contributed by atoms with E-state index >= 15 is 0 Å². The van der Waals surface area contributed by atoms with Crippen LogP contribution in [0.5, 0.6) is 0 Å². The highest BCUT2D eigenvalue weighted by Crippen LogP contribution is 2.35. The van der Waals surface area contributed by atoms with Gasteiger partial charge >= 0.3 is 12.1 Å². The van der Waals surface area contributed by atoms with Crippen LogP contribution >= 0.6 is 11.9 Å². The van der Waals surface area contributed by atoms with Gasteiger partial charge in [-0.05, 0) is 99.0 Å². The molecule has 9 heteroatoms. The van der Waals surface area contributed by atoms with Gasteiger partial charge in [0.1, 0.15) is 0 Å². The summed E-state index contributed by atoms with van der Waals surface area (Å²) in [6.45, 7) is 4.83. The van der Waals surface area contributed by atoms with Crippen molar-refractivity contribution in [2.75, 3.05) is 20.1 Å². The topological polar surface area (TPSA) is 72.8 Å². The molecule has 1 aliphatic carbocycles. The number of carboxylic acid groups (broad SMARTS) is 1. The Morgan fingerprint density at radius 3 is 2.42 bits per heavy atom. The van der Waals surface area contributed by atoms with Gasteiger partial charge in [0.15, 0.2) is 0 Å². The van der Waals surface area contributed by atoms with Gasteiger partial charge in [0.25, 0.3) is 0 Å². The van der Waals surface area contributed by atoms with Crippen molar-refractivity contribution in [1.29, 1.82) is 0 Å². The van der Waals surface area contributed by atoms with Crippen LogP contribution in [0.15, 0.2) is 53.4 Å². The third-order valence-electron chi connectivity index (χ3n) is 6.15. The summed E-state index contributed by atoms with van der Waals surface area (Å²) in [4.78, 5) is 11.1. The molecule has 3 N–H and O–H groups in total. The second-order valence-corrected chi connectivity index (χ2v) is 11.3. The van der Waals surface area contributed by atoms with E-state index in [0.717, 1.165) is 55.5 Å². The van der Waals surface area contributed by atoms with E-state index in [4.69, 9.17) is 5.11 Å². The molecule has 0 spiro atoms. The number of halogens is 3. The van der Waals surface area contributed by atoms with Gasteiger partial charge in [-0.2, -0.15) is 13.2 Å². The van der Waals surface area contributed by atoms with Crippen molar-refractivity contribution in [2.45, 2.75) is 55.8 Å². The number of hydrogen-bond acceptors (Lipinski definition) is 5.